The minimum Gasteiger partial charge on any atom is -0.353 e. The number of hydrogen-bond donors (Lipinski definition) is 2. The van der Waals surface area contributed by atoms with E-state index in [-0.39, 0.29) is 5.56 Å². The Hall–Kier alpha value is -2.68. The van der Waals surface area contributed by atoms with E-state index >= 15 is 0 Å². The van der Waals surface area contributed by atoms with Crippen LogP contribution in [0.4, 0.5) is 24.8 Å². The van der Waals surface area contributed by atoms with Gasteiger partial charge in [-0.15, -0.1) is 0 Å². The van der Waals surface area contributed by atoms with Crippen LogP contribution in [-0.4, -0.2) is 48.0 Å². The zero-order chi connectivity index (χ0) is 17.7. The molecule has 9 heteroatoms. The number of benzene rings is 1. The van der Waals surface area contributed by atoms with Gasteiger partial charge in [-0.25, -0.2) is 23.1 Å². The Morgan fingerprint density at radius 2 is 1.79 bits per heavy atom. The number of nitrogens with one attached hydrogen (secondary N) is 2. The van der Waals surface area contributed by atoms with E-state index in [1.165, 1.54) is 12.4 Å². The average molecular weight is 339 g/mol. The fourth-order valence-corrected chi connectivity index (χ4v) is 1.74. The van der Waals surface area contributed by atoms with Gasteiger partial charge in [0.1, 0.15) is 0 Å². The van der Waals surface area contributed by atoms with Gasteiger partial charge >= 0.3 is 0 Å². The van der Waals surface area contributed by atoms with Gasteiger partial charge in [-0.05, 0) is 26.2 Å². The molecule has 1 heterocycles. The minimum atomic E-state index is -1.65. The Labute approximate surface area is 136 Å². The molecule has 2 aromatic rings. The maximum Gasteiger partial charge on any atom is 0.258 e. The van der Waals surface area contributed by atoms with Crippen LogP contribution >= 0.6 is 0 Å². The number of amides is 1. The molecule has 1 amide bonds. The molecule has 2 N–H and O–H groups in total. The highest BCUT2D eigenvalue weighted by Crippen LogP contribution is 2.20. The molecule has 0 radical (unpaired) electrons. The van der Waals surface area contributed by atoms with Crippen molar-refractivity contribution in [3.05, 3.63) is 47.5 Å². The molecule has 0 fully saturated rings. The molecule has 0 spiro atoms. The van der Waals surface area contributed by atoms with Crippen molar-refractivity contribution in [3.63, 3.8) is 0 Å². The predicted octanol–water partition coefficient (Wildman–Crippen LogP) is 2.12. The van der Waals surface area contributed by atoms with Crippen molar-refractivity contribution in [2.45, 2.75) is 0 Å². The Kier molecular flexibility index (Phi) is 5.69. The number of aromatic nitrogens is 2. The monoisotopic (exact) mass is 339 g/mol. The lowest BCUT2D eigenvalue weighted by molar-refractivity contribution is 0.102. The summed E-state index contributed by atoms with van der Waals surface area (Å²) in [5, 5.41) is 5.11. The SMILES string of the molecule is CN(C)CCNc1ncc(C(=O)Nc2ccc(F)c(F)c2F)cn1. The highest BCUT2D eigenvalue weighted by molar-refractivity contribution is 6.03. The molecular formula is C15H16F3N5O. The maximum absolute atomic E-state index is 13.5. The second-order valence-electron chi connectivity index (χ2n) is 5.20. The molecule has 0 aliphatic carbocycles. The van der Waals surface area contributed by atoms with E-state index < -0.39 is 29.0 Å². The molecule has 6 nitrogen and oxygen atoms in total. The van der Waals surface area contributed by atoms with E-state index in [4.69, 9.17) is 0 Å². The third-order valence-electron chi connectivity index (χ3n) is 3.04. The smallest absolute Gasteiger partial charge is 0.258 e. The lowest BCUT2D eigenvalue weighted by Crippen LogP contribution is -2.21. The summed E-state index contributed by atoms with van der Waals surface area (Å²) in [4.78, 5) is 21.9. The Bertz CT molecular complexity index is 722. The zero-order valence-corrected chi connectivity index (χ0v) is 13.1. The zero-order valence-electron chi connectivity index (χ0n) is 13.1. The van der Waals surface area contributed by atoms with Gasteiger partial charge in [0.15, 0.2) is 17.5 Å². The first-order valence-corrected chi connectivity index (χ1v) is 7.04. The normalized spacial score (nSPS) is 10.8. The van der Waals surface area contributed by atoms with Crippen molar-refractivity contribution in [2.24, 2.45) is 0 Å². The van der Waals surface area contributed by atoms with Crippen LogP contribution in [-0.2, 0) is 0 Å². The molecular weight excluding hydrogens is 323 g/mol. The summed E-state index contributed by atoms with van der Waals surface area (Å²) in [6.07, 6.45) is 2.50. The van der Waals surface area contributed by atoms with E-state index in [1.807, 2.05) is 19.0 Å². The summed E-state index contributed by atoms with van der Waals surface area (Å²) in [5.74, 6) is -4.84. The lowest BCUT2D eigenvalue weighted by Gasteiger charge is -2.10. The van der Waals surface area contributed by atoms with Crippen molar-refractivity contribution in [1.82, 2.24) is 14.9 Å². The molecule has 128 valence electrons. The van der Waals surface area contributed by atoms with Gasteiger partial charge < -0.3 is 15.5 Å². The second kappa shape index (κ2) is 7.73. The number of likely N-dealkylation sites (N-methyl/N-ethyl adjacent to an activating group) is 1. The van der Waals surface area contributed by atoms with Gasteiger partial charge in [0.2, 0.25) is 5.95 Å². The van der Waals surface area contributed by atoms with Gasteiger partial charge in [-0.3, -0.25) is 4.79 Å². The second-order valence-corrected chi connectivity index (χ2v) is 5.20. The number of carbonyl (C=O) groups excluding carboxylic acids is 1. The highest BCUT2D eigenvalue weighted by Gasteiger charge is 2.16. The van der Waals surface area contributed by atoms with Crippen LogP contribution in [0.15, 0.2) is 24.5 Å². The number of carbonyl (C=O) groups is 1. The summed E-state index contributed by atoms with van der Waals surface area (Å²) in [5.41, 5.74) is -0.413. The van der Waals surface area contributed by atoms with Crippen LogP contribution < -0.4 is 10.6 Å². The van der Waals surface area contributed by atoms with Crippen molar-refractivity contribution >= 4 is 17.5 Å². The summed E-state index contributed by atoms with van der Waals surface area (Å²) >= 11 is 0. The molecule has 0 unspecified atom stereocenters. The number of anilines is 2. The quantitative estimate of drug-likeness (QED) is 0.789. The topological polar surface area (TPSA) is 70.2 Å². The van der Waals surface area contributed by atoms with Crippen LogP contribution in [0.3, 0.4) is 0 Å². The number of rotatable bonds is 6. The molecule has 0 saturated heterocycles. The van der Waals surface area contributed by atoms with E-state index in [0.29, 0.717) is 12.5 Å². The maximum atomic E-state index is 13.5. The first kappa shape index (κ1) is 17.7. The minimum absolute atomic E-state index is 0.0530. The number of hydrogen-bond acceptors (Lipinski definition) is 5. The molecule has 0 atom stereocenters. The van der Waals surface area contributed by atoms with Crippen LogP contribution in [0.1, 0.15) is 10.4 Å². The van der Waals surface area contributed by atoms with Crippen LogP contribution in [0.5, 0.6) is 0 Å². The summed E-state index contributed by atoms with van der Waals surface area (Å²) < 4.78 is 39.5. The number of halogens is 3. The van der Waals surface area contributed by atoms with E-state index in [1.54, 1.807) is 0 Å². The van der Waals surface area contributed by atoms with Crippen LogP contribution in [0, 0.1) is 17.5 Å². The third kappa shape index (κ3) is 4.42. The van der Waals surface area contributed by atoms with Gasteiger partial charge in [-0.2, -0.15) is 0 Å². The molecule has 0 bridgehead atoms. The summed E-state index contributed by atoms with van der Waals surface area (Å²) in [6, 6.07) is 1.66. The third-order valence-corrected chi connectivity index (χ3v) is 3.04. The van der Waals surface area contributed by atoms with Crippen molar-refractivity contribution in [1.29, 1.82) is 0 Å². The van der Waals surface area contributed by atoms with Crippen LogP contribution in [0.2, 0.25) is 0 Å². The van der Waals surface area contributed by atoms with Crippen molar-refractivity contribution < 1.29 is 18.0 Å². The predicted molar refractivity (Wildman–Crippen MR) is 83.3 cm³/mol. The molecule has 0 aliphatic rings. The van der Waals surface area contributed by atoms with E-state index in [0.717, 1.165) is 18.7 Å². The lowest BCUT2D eigenvalue weighted by atomic mass is 10.2. The number of nitrogens with zero attached hydrogens (tertiary/aromatic N) is 3. The van der Waals surface area contributed by atoms with Crippen molar-refractivity contribution in [2.75, 3.05) is 37.8 Å². The van der Waals surface area contributed by atoms with Gasteiger partial charge in [0.05, 0.1) is 11.3 Å². The highest BCUT2D eigenvalue weighted by atomic mass is 19.2. The van der Waals surface area contributed by atoms with Gasteiger partial charge in [0, 0.05) is 25.5 Å². The van der Waals surface area contributed by atoms with Gasteiger partial charge in [-0.1, -0.05) is 0 Å². The first-order chi connectivity index (χ1) is 11.4. The fourth-order valence-electron chi connectivity index (χ4n) is 1.74. The average Bonchev–Trinajstić information content (AvgIpc) is 2.55. The molecule has 1 aromatic heterocycles. The molecule has 2 rings (SSSR count). The van der Waals surface area contributed by atoms with Crippen molar-refractivity contribution in [3.8, 4) is 0 Å². The molecule has 0 saturated carbocycles. The fraction of sp³-hybridized carbons (Fsp3) is 0.267. The molecule has 24 heavy (non-hydrogen) atoms. The van der Waals surface area contributed by atoms with E-state index in [9.17, 15) is 18.0 Å². The summed E-state index contributed by atoms with van der Waals surface area (Å²) in [7, 11) is 3.85. The van der Waals surface area contributed by atoms with Crippen LogP contribution in [0.25, 0.3) is 0 Å². The molecule has 0 aliphatic heterocycles. The first-order valence-electron chi connectivity index (χ1n) is 7.04. The Balaban J connectivity index is 2.01. The van der Waals surface area contributed by atoms with Gasteiger partial charge in [0.25, 0.3) is 5.91 Å². The molecule has 1 aromatic carbocycles. The Morgan fingerprint density at radius 3 is 2.42 bits per heavy atom. The Morgan fingerprint density at radius 1 is 1.12 bits per heavy atom. The summed E-state index contributed by atoms with van der Waals surface area (Å²) in [6.45, 7) is 1.40. The van der Waals surface area contributed by atoms with E-state index in [2.05, 4.69) is 20.6 Å². The largest absolute Gasteiger partial charge is 0.353 e. The standard InChI is InChI=1S/C15H16F3N5O/c1-23(2)6-5-19-15-20-7-9(8-21-15)14(24)22-11-4-3-10(16)12(17)13(11)18/h3-4,7-8H,5-6H2,1-2H3,(H,22,24)(H,19,20,21).